The molecule has 0 spiro atoms. The molecule has 1 aromatic heterocycles. The topological polar surface area (TPSA) is 33.1 Å². The number of hydrogen-bond acceptors (Lipinski definition) is 3. The lowest BCUT2D eigenvalue weighted by Crippen LogP contribution is -2.14. The fourth-order valence-electron chi connectivity index (χ4n) is 0.816. The second kappa shape index (κ2) is 3.63. The van der Waals surface area contributed by atoms with Crippen LogP contribution in [0, 0.1) is 0 Å². The molecule has 0 unspecified atom stereocenters. The van der Waals surface area contributed by atoms with Crippen molar-refractivity contribution in [3.05, 3.63) is 15.6 Å². The SMILES string of the molecule is OCc1nc(C(F)(F)F)c(C(F)(F)F)s1. The lowest BCUT2D eigenvalue weighted by molar-refractivity contribution is -0.162. The van der Waals surface area contributed by atoms with Crippen LogP contribution in [0.1, 0.15) is 15.6 Å². The van der Waals surface area contributed by atoms with Crippen LogP contribution >= 0.6 is 11.3 Å². The van der Waals surface area contributed by atoms with Gasteiger partial charge in [0.1, 0.15) is 9.88 Å². The lowest BCUT2D eigenvalue weighted by Gasteiger charge is -2.08. The number of rotatable bonds is 1. The molecule has 0 fully saturated rings. The first-order valence-electron chi connectivity index (χ1n) is 3.41. The van der Waals surface area contributed by atoms with E-state index in [0.29, 0.717) is 0 Å². The highest BCUT2D eigenvalue weighted by atomic mass is 32.1. The smallest absolute Gasteiger partial charge is 0.389 e. The molecule has 0 amide bonds. The van der Waals surface area contributed by atoms with Crippen molar-refractivity contribution in [2.24, 2.45) is 0 Å². The minimum atomic E-state index is -5.17. The number of aromatic nitrogens is 1. The molecule has 0 saturated carbocycles. The van der Waals surface area contributed by atoms with Crippen molar-refractivity contribution in [3.8, 4) is 0 Å². The molecular weight excluding hydrogens is 248 g/mol. The van der Waals surface area contributed by atoms with E-state index < -0.39 is 34.5 Å². The van der Waals surface area contributed by atoms with E-state index in [-0.39, 0.29) is 11.3 Å². The van der Waals surface area contributed by atoms with Gasteiger partial charge in [0.2, 0.25) is 0 Å². The summed E-state index contributed by atoms with van der Waals surface area (Å²) in [6, 6.07) is 0. The zero-order valence-corrected chi connectivity index (χ0v) is 7.59. The fraction of sp³-hybridized carbons (Fsp3) is 0.500. The summed E-state index contributed by atoms with van der Waals surface area (Å²) in [7, 11) is 0. The zero-order chi connectivity index (χ0) is 11.9. The Morgan fingerprint density at radius 1 is 1.07 bits per heavy atom. The highest BCUT2D eigenvalue weighted by Crippen LogP contribution is 2.42. The Balaban J connectivity index is 3.31. The monoisotopic (exact) mass is 251 g/mol. The maximum Gasteiger partial charge on any atom is 0.434 e. The predicted octanol–water partition coefficient (Wildman–Crippen LogP) is 2.67. The zero-order valence-electron chi connectivity index (χ0n) is 6.78. The molecule has 86 valence electrons. The molecule has 0 aromatic carbocycles. The van der Waals surface area contributed by atoms with Crippen LogP contribution < -0.4 is 0 Å². The van der Waals surface area contributed by atoms with Crippen molar-refractivity contribution in [2.75, 3.05) is 0 Å². The molecular formula is C6H3F6NOS. The van der Waals surface area contributed by atoms with E-state index in [2.05, 4.69) is 4.98 Å². The third-order valence-corrected chi connectivity index (χ3v) is 2.42. The normalized spacial score (nSPS) is 13.3. The molecule has 0 saturated heterocycles. The van der Waals surface area contributed by atoms with E-state index in [9.17, 15) is 26.3 Å². The minimum Gasteiger partial charge on any atom is -0.389 e. The van der Waals surface area contributed by atoms with Gasteiger partial charge >= 0.3 is 12.4 Å². The molecule has 9 heteroatoms. The van der Waals surface area contributed by atoms with E-state index in [1.807, 2.05) is 0 Å². The van der Waals surface area contributed by atoms with Gasteiger partial charge in [-0.1, -0.05) is 0 Å². The Kier molecular flexibility index (Phi) is 2.97. The minimum absolute atomic E-state index is 0.213. The molecule has 0 aliphatic carbocycles. The third kappa shape index (κ3) is 2.59. The molecule has 1 N–H and O–H groups in total. The van der Waals surface area contributed by atoms with E-state index in [1.165, 1.54) is 0 Å². The molecule has 0 atom stereocenters. The Labute approximate surface area is 83.2 Å². The second-order valence-corrected chi connectivity index (χ2v) is 3.52. The lowest BCUT2D eigenvalue weighted by atomic mass is 10.3. The number of alkyl halides is 6. The fourth-order valence-corrected chi connectivity index (χ4v) is 1.63. The van der Waals surface area contributed by atoms with E-state index in [0.717, 1.165) is 0 Å². The standard InChI is InChI=1S/C6H3F6NOS/c7-5(8,9)3-4(6(10,11)12)15-2(1-14)13-3/h14H,1H2. The molecule has 1 aromatic rings. The van der Waals surface area contributed by atoms with Crippen LogP contribution in [0.2, 0.25) is 0 Å². The third-order valence-electron chi connectivity index (χ3n) is 1.33. The van der Waals surface area contributed by atoms with Crippen LogP contribution in [0.3, 0.4) is 0 Å². The highest BCUT2D eigenvalue weighted by molar-refractivity contribution is 7.11. The summed E-state index contributed by atoms with van der Waals surface area (Å²) in [4.78, 5) is 0.856. The van der Waals surface area contributed by atoms with Gasteiger partial charge in [0.05, 0.1) is 6.61 Å². The Morgan fingerprint density at radius 2 is 1.60 bits per heavy atom. The largest absolute Gasteiger partial charge is 0.434 e. The highest BCUT2D eigenvalue weighted by Gasteiger charge is 2.46. The first-order valence-corrected chi connectivity index (χ1v) is 4.23. The van der Waals surface area contributed by atoms with Crippen LogP contribution in [-0.4, -0.2) is 10.1 Å². The van der Waals surface area contributed by atoms with Crippen molar-refractivity contribution in [1.29, 1.82) is 0 Å². The van der Waals surface area contributed by atoms with Crippen molar-refractivity contribution in [2.45, 2.75) is 19.0 Å². The Morgan fingerprint density at radius 3 is 1.87 bits per heavy atom. The van der Waals surface area contributed by atoms with Gasteiger partial charge in [0.15, 0.2) is 5.69 Å². The average Bonchev–Trinajstić information content (AvgIpc) is 2.44. The van der Waals surface area contributed by atoms with Crippen molar-refractivity contribution in [1.82, 2.24) is 4.98 Å². The van der Waals surface area contributed by atoms with E-state index in [1.54, 1.807) is 0 Å². The van der Waals surface area contributed by atoms with Gasteiger partial charge in [-0.3, -0.25) is 0 Å². The van der Waals surface area contributed by atoms with Gasteiger partial charge in [-0.25, -0.2) is 4.98 Å². The molecule has 1 heterocycles. The molecule has 1 rings (SSSR count). The van der Waals surface area contributed by atoms with E-state index >= 15 is 0 Å². The van der Waals surface area contributed by atoms with Gasteiger partial charge in [0, 0.05) is 0 Å². The summed E-state index contributed by atoms with van der Waals surface area (Å²) >= 11 is -0.213. The Bertz CT molecular complexity index is 322. The number of nitrogens with zero attached hydrogens (tertiary/aromatic N) is 1. The van der Waals surface area contributed by atoms with Crippen LogP contribution in [0.4, 0.5) is 26.3 Å². The number of thiazole rings is 1. The first kappa shape index (κ1) is 12.2. The predicted molar refractivity (Wildman–Crippen MR) is 38.0 cm³/mol. The summed E-state index contributed by atoms with van der Waals surface area (Å²) in [6.45, 7) is -0.955. The summed E-state index contributed by atoms with van der Waals surface area (Å²) in [5.74, 6) is 0. The van der Waals surface area contributed by atoms with Gasteiger partial charge in [-0.05, 0) is 0 Å². The molecule has 2 nitrogen and oxygen atoms in total. The van der Waals surface area contributed by atoms with Gasteiger partial charge in [-0.15, -0.1) is 11.3 Å². The number of aliphatic hydroxyl groups excluding tert-OH is 1. The van der Waals surface area contributed by atoms with Gasteiger partial charge < -0.3 is 5.11 Å². The number of aliphatic hydroxyl groups is 1. The Hall–Kier alpha value is -0.830. The number of hydrogen-bond donors (Lipinski definition) is 1. The molecule has 0 aliphatic rings. The van der Waals surface area contributed by atoms with Crippen LogP contribution in [0.5, 0.6) is 0 Å². The maximum atomic E-state index is 12.1. The summed E-state index contributed by atoms with van der Waals surface area (Å²) in [6.07, 6.45) is -10.3. The second-order valence-electron chi connectivity index (χ2n) is 2.44. The van der Waals surface area contributed by atoms with E-state index in [4.69, 9.17) is 5.11 Å². The summed E-state index contributed by atoms with van der Waals surface area (Å²) in [5.41, 5.74) is -2.00. The molecule has 0 radical (unpaired) electrons. The van der Waals surface area contributed by atoms with Crippen LogP contribution in [-0.2, 0) is 19.0 Å². The summed E-state index contributed by atoms with van der Waals surface area (Å²) < 4.78 is 72.6. The molecule has 0 bridgehead atoms. The summed E-state index contributed by atoms with van der Waals surface area (Å²) in [5, 5.41) is 7.80. The van der Waals surface area contributed by atoms with Crippen LogP contribution in [0.15, 0.2) is 0 Å². The van der Waals surface area contributed by atoms with Crippen LogP contribution in [0.25, 0.3) is 0 Å². The van der Waals surface area contributed by atoms with Gasteiger partial charge in [0.25, 0.3) is 0 Å². The first-order chi connectivity index (χ1) is 6.66. The number of halogens is 6. The van der Waals surface area contributed by atoms with Crippen molar-refractivity contribution in [3.63, 3.8) is 0 Å². The van der Waals surface area contributed by atoms with Crippen molar-refractivity contribution < 1.29 is 31.4 Å². The molecule has 0 aliphatic heterocycles. The van der Waals surface area contributed by atoms with Crippen molar-refractivity contribution >= 4 is 11.3 Å². The average molecular weight is 251 g/mol. The quantitative estimate of drug-likeness (QED) is 0.778. The van der Waals surface area contributed by atoms with Gasteiger partial charge in [-0.2, -0.15) is 26.3 Å². The molecule has 15 heavy (non-hydrogen) atoms. The maximum absolute atomic E-state index is 12.1.